The summed E-state index contributed by atoms with van der Waals surface area (Å²) in [5, 5.41) is 16.8. The Hall–Kier alpha value is -7.24. The second-order valence-electron chi connectivity index (χ2n) is 22.7. The molecule has 0 unspecified atom stereocenters. The summed E-state index contributed by atoms with van der Waals surface area (Å²) in [5.74, 6) is -18.7. The summed E-state index contributed by atoms with van der Waals surface area (Å²) in [6, 6.07) is 5.44. The van der Waals surface area contributed by atoms with E-state index in [0.717, 1.165) is 83.5 Å². The molecule has 0 saturated carbocycles. The summed E-state index contributed by atoms with van der Waals surface area (Å²) in [6.45, 7) is 13.0. The highest BCUT2D eigenvalue weighted by atomic mass is 28.3. The Morgan fingerprint density at radius 1 is 0.593 bits per heavy atom. The fourth-order valence-electron chi connectivity index (χ4n) is 10.3. The quantitative estimate of drug-likeness (QED) is 0.0535. The zero-order valence-electron chi connectivity index (χ0n) is 53.5. The second-order valence-corrected chi connectivity index (χ2v) is 28.4. The van der Waals surface area contributed by atoms with Crippen LogP contribution in [0.25, 0.3) is 0 Å². The number of aliphatic hydroxyl groups is 1. The maximum atomic E-state index is 14.9. The first kappa shape index (κ1) is 76.2. The fraction of sp³-hybridized carbons (Fsp3) is 0.690. The van der Waals surface area contributed by atoms with Crippen LogP contribution in [0, 0.1) is 0 Å². The lowest BCUT2D eigenvalue weighted by molar-refractivity contribution is -0.354. The van der Waals surface area contributed by atoms with Crippen LogP contribution in [0.15, 0.2) is 30.3 Å². The van der Waals surface area contributed by atoms with Crippen LogP contribution in [0.3, 0.4) is 0 Å². The van der Waals surface area contributed by atoms with Gasteiger partial charge in [-0.15, -0.1) is 0 Å². The molecule has 510 valence electrons. The van der Waals surface area contributed by atoms with E-state index >= 15 is 0 Å². The van der Waals surface area contributed by atoms with Gasteiger partial charge in [0.1, 0.15) is 49.3 Å². The first-order valence-electron chi connectivity index (χ1n) is 28.8. The molecule has 1 aromatic carbocycles. The zero-order valence-corrected chi connectivity index (χ0v) is 54.5. The van der Waals surface area contributed by atoms with E-state index in [1.54, 1.807) is 30.3 Å². The van der Waals surface area contributed by atoms with Gasteiger partial charge in [-0.2, -0.15) is 0 Å². The Balaban J connectivity index is 2.10. The molecule has 0 spiro atoms. The van der Waals surface area contributed by atoms with Crippen LogP contribution in [0.2, 0.25) is 25.7 Å². The van der Waals surface area contributed by atoms with Crippen LogP contribution in [-0.4, -0.2) is 229 Å². The van der Waals surface area contributed by atoms with Gasteiger partial charge in [0.25, 0.3) is 11.6 Å². The Morgan fingerprint density at radius 2 is 1.07 bits per heavy atom. The Kier molecular flexibility index (Phi) is 28.8. The highest BCUT2D eigenvalue weighted by Gasteiger charge is 2.64. The van der Waals surface area contributed by atoms with Crippen LogP contribution in [0.5, 0.6) is 0 Å². The number of benzene rings is 1. The Morgan fingerprint density at radius 3 is 1.55 bits per heavy atom. The second kappa shape index (κ2) is 34.4. The van der Waals surface area contributed by atoms with Crippen molar-refractivity contribution in [2.75, 3.05) is 40.6 Å². The van der Waals surface area contributed by atoms with Gasteiger partial charge in [0, 0.05) is 83.9 Å². The number of hydrogen-bond donors (Lipinski definition) is 3. The molecule has 33 heteroatoms. The van der Waals surface area contributed by atoms with Gasteiger partial charge in [0.2, 0.25) is 11.8 Å². The van der Waals surface area contributed by atoms with Crippen molar-refractivity contribution in [3.8, 4) is 0 Å². The molecule has 3 saturated heterocycles. The molecule has 0 bridgehead atoms. The van der Waals surface area contributed by atoms with Gasteiger partial charge in [0.05, 0.1) is 59.0 Å². The van der Waals surface area contributed by atoms with Crippen LogP contribution in [0.1, 0.15) is 87.6 Å². The number of rotatable bonds is 30. The largest absolute Gasteiger partial charge is 0.465 e. The third kappa shape index (κ3) is 22.8. The molecule has 3 N–H and O–H groups in total. The van der Waals surface area contributed by atoms with E-state index in [4.69, 9.17) is 80.5 Å². The van der Waals surface area contributed by atoms with Gasteiger partial charge < -0.3 is 96.3 Å². The highest BCUT2D eigenvalue weighted by Crippen LogP contribution is 2.42. The van der Waals surface area contributed by atoms with Gasteiger partial charge in [-0.05, 0) is 11.6 Å². The van der Waals surface area contributed by atoms with E-state index in [-0.39, 0.29) is 13.2 Å². The van der Waals surface area contributed by atoms with Gasteiger partial charge in [-0.1, -0.05) is 50.0 Å². The maximum absolute atomic E-state index is 14.9. The molecule has 32 nitrogen and oxygen atoms in total. The third-order valence-electron chi connectivity index (χ3n) is 13.8. The molecule has 3 fully saturated rings. The highest BCUT2D eigenvalue weighted by molar-refractivity contribution is 6.76. The molecule has 3 aliphatic rings. The normalized spacial score (nSPS) is 27.7. The maximum Gasteiger partial charge on any atom is 0.366 e. The average molecular weight is 1320 g/mol. The molecule has 0 aliphatic carbocycles. The van der Waals surface area contributed by atoms with Gasteiger partial charge in [-0.3, -0.25) is 47.9 Å². The smallest absolute Gasteiger partial charge is 0.366 e. The first-order chi connectivity index (χ1) is 42.5. The molecule has 17 atom stereocenters. The van der Waals surface area contributed by atoms with E-state index in [1.807, 2.05) is 19.6 Å². The number of carbonyl (C=O) groups is 12. The Bertz CT molecular complexity index is 2730. The average Bonchev–Trinajstić information content (AvgIpc) is 0.762. The number of esters is 10. The van der Waals surface area contributed by atoms with E-state index in [1.165, 1.54) is 0 Å². The molecule has 3 aliphatic heterocycles. The minimum absolute atomic E-state index is 0.00610. The summed E-state index contributed by atoms with van der Waals surface area (Å²) in [7, 11) is -0.0906. The number of amides is 2. The number of ether oxygens (including phenoxy) is 17. The summed E-state index contributed by atoms with van der Waals surface area (Å²) in [4.78, 5) is 160. The minimum atomic E-state index is -3.09. The molecule has 91 heavy (non-hydrogen) atoms. The third-order valence-corrected chi connectivity index (χ3v) is 15.5. The molecule has 3 heterocycles. The molecular weight excluding hydrogens is 1230 g/mol. The molecule has 4 rings (SSSR count). The Labute approximate surface area is 526 Å². The van der Waals surface area contributed by atoms with Crippen molar-refractivity contribution in [2.24, 2.45) is 0 Å². The number of aliphatic hydroxyl groups excluding tert-OH is 1. The molecule has 1 aromatic rings. The topological polar surface area (TPSA) is 406 Å². The molecular formula is C58H84N2O30Si. The van der Waals surface area contributed by atoms with Gasteiger partial charge in [0.15, 0.2) is 36.8 Å². The summed E-state index contributed by atoms with van der Waals surface area (Å²) in [5.41, 5.74) is 0.523. The molecule has 2 amide bonds. The number of carbonyl (C=O) groups excluding carboxylic acids is 12. The van der Waals surface area contributed by atoms with Gasteiger partial charge in [-0.25, -0.2) is 9.59 Å². The van der Waals surface area contributed by atoms with Crippen molar-refractivity contribution >= 4 is 79.6 Å². The van der Waals surface area contributed by atoms with Crippen molar-refractivity contribution in [3.63, 3.8) is 0 Å². The van der Waals surface area contributed by atoms with Gasteiger partial charge >= 0.3 is 59.7 Å². The van der Waals surface area contributed by atoms with Crippen LogP contribution in [0.4, 0.5) is 0 Å². The van der Waals surface area contributed by atoms with E-state index in [9.17, 15) is 62.6 Å². The fourth-order valence-corrected chi connectivity index (χ4v) is 11.0. The van der Waals surface area contributed by atoms with Crippen LogP contribution >= 0.6 is 0 Å². The van der Waals surface area contributed by atoms with Crippen molar-refractivity contribution in [3.05, 3.63) is 35.9 Å². The summed E-state index contributed by atoms with van der Waals surface area (Å²) in [6.07, 6.45) is -26.5. The first-order valence-corrected chi connectivity index (χ1v) is 32.5. The summed E-state index contributed by atoms with van der Waals surface area (Å²) < 4.78 is 101. The summed E-state index contributed by atoms with van der Waals surface area (Å²) >= 11 is 0. The van der Waals surface area contributed by atoms with Crippen LogP contribution in [-0.2, 0) is 145 Å². The minimum Gasteiger partial charge on any atom is -0.465 e. The van der Waals surface area contributed by atoms with Crippen molar-refractivity contribution in [1.82, 2.24) is 10.6 Å². The van der Waals surface area contributed by atoms with E-state index in [0.29, 0.717) is 11.6 Å². The predicted octanol–water partition coefficient (Wildman–Crippen LogP) is 0.456. The number of nitrogens with one attached hydrogen (secondary N) is 2. The van der Waals surface area contributed by atoms with Crippen molar-refractivity contribution in [2.45, 2.75) is 218 Å². The van der Waals surface area contributed by atoms with Crippen molar-refractivity contribution < 1.29 is 143 Å². The lowest BCUT2D eigenvalue weighted by Gasteiger charge is -2.51. The predicted molar refractivity (Wildman–Crippen MR) is 305 cm³/mol. The SMILES string of the molecule is COC(=O)[C@@]1(O[C@H](COCc2ccccc2)[C@@H](OC(C)=O)[C@@H]2O[C@@](OC[C@H]3O[C@@H](OCC[Si](C)(C)C)[C@H](OC(C)=O)[C@@H](OC(C)=O)[C@@H]3OC(C)=O)(C(=O)OC)C[C@H](OC(C)=O)[C@H]2NC(C)=O)C[C@H](OC(C)=O)[C@@H](NC(C)=O)[C@H]([C@H](OC(C)=O)[C@H](O)COC(C)=O)O1. The standard InChI is InChI=1S/C58H84N2O30Si/c1-29(61)59-45-42(81-33(5)65)24-58(56(73)75-12,90-50(45)47(82-34(6)66)40(71)26-78-31(3)63)88-44(27-76-25-39-19-17-16-18-20-39)49(84-36(8)68)51-46(60-30(2)62)41(80-32(4)64)23-57(89-51,55(72)74-11)79-28-43-48(83-35(7)67)52(85-37(9)69)53(86-38(10)70)54(87-43)77-21-22-91(13,14)15/h16-20,40-54,71H,21-28H2,1-15H3,(H,59,61)(H,60,62)/t40-,41+,42+,43-,44-,45-,46-,47-,48-,49-,50-,51-,52+,53-,54-,57-,58-/m1/s1. The number of hydrogen-bond acceptors (Lipinski definition) is 30. The molecule has 0 radical (unpaired) electrons. The van der Waals surface area contributed by atoms with Crippen LogP contribution < -0.4 is 10.6 Å². The lowest BCUT2D eigenvalue weighted by Crippen LogP contribution is -2.72. The van der Waals surface area contributed by atoms with E-state index in [2.05, 4.69) is 10.6 Å². The lowest BCUT2D eigenvalue weighted by atomic mass is 9.86. The monoisotopic (exact) mass is 1320 g/mol. The zero-order chi connectivity index (χ0) is 68.3. The van der Waals surface area contributed by atoms with Crippen molar-refractivity contribution in [1.29, 1.82) is 0 Å². The number of methoxy groups -OCH3 is 2. The molecule has 0 aromatic heterocycles. The van der Waals surface area contributed by atoms with E-state index < -0.39 is 215 Å².